The van der Waals surface area contributed by atoms with Crippen molar-refractivity contribution in [2.45, 2.75) is 142 Å². The molecule has 0 saturated carbocycles. The molecule has 0 atom stereocenters. The average Bonchev–Trinajstić information content (AvgIpc) is 3.23. The molecule has 0 radical (unpaired) electrons. The van der Waals surface area contributed by atoms with Gasteiger partial charge in [0, 0.05) is 45.5 Å². The highest BCUT2D eigenvalue weighted by Crippen LogP contribution is 2.38. The number of aliphatic hydroxyl groups is 1. The highest BCUT2D eigenvalue weighted by Gasteiger charge is 2.51. The number of rotatable bonds is 20. The van der Waals surface area contributed by atoms with E-state index in [1.54, 1.807) is 0 Å². The van der Waals surface area contributed by atoms with Crippen molar-refractivity contribution in [1.82, 2.24) is 0 Å². The summed E-state index contributed by atoms with van der Waals surface area (Å²) in [6.45, 7) is 18.0. The van der Waals surface area contributed by atoms with Gasteiger partial charge >= 0.3 is 0 Å². The van der Waals surface area contributed by atoms with E-state index in [4.69, 9.17) is 14.0 Å². The number of unbranched alkanes of at least 4 members (excludes halogenated alkanes) is 9. The zero-order valence-electron chi connectivity index (χ0n) is 37.1. The highest BCUT2D eigenvalue weighted by molar-refractivity contribution is 7.00. The smallest absolute Gasteiger partial charge is 0.261 e. The molecule has 0 unspecified atom stereocenters. The molecule has 58 heavy (non-hydrogen) atoms. The Morgan fingerprint density at radius 1 is 0.414 bits per heavy atom. The molecule has 312 valence electrons. The van der Waals surface area contributed by atoms with Crippen LogP contribution in [0.15, 0.2) is 121 Å². The molecule has 5 heteroatoms. The Bertz CT molecular complexity index is 1560. The maximum atomic E-state index is 8.79. The van der Waals surface area contributed by atoms with Crippen LogP contribution >= 0.6 is 0 Å². The topological polar surface area (TPSA) is 38.7 Å². The van der Waals surface area contributed by atoms with Crippen LogP contribution in [0.5, 0.6) is 0 Å². The van der Waals surface area contributed by atoms with E-state index in [0.29, 0.717) is 0 Å². The van der Waals surface area contributed by atoms with Gasteiger partial charge in [-0.05, 0) is 75.8 Å². The Balaban J connectivity index is 0.000000310. The fraction of sp³-hybridized carbons (Fsp3) is 0.472. The Labute approximate surface area is 356 Å². The first-order chi connectivity index (χ1) is 28.0. The SMILES string of the molecule is CC(C)(C)[Si](OCCCCC#CCCCCO)(c1ccccc1)c1ccccc1.CCCCCC#CCCCCO[Si](c1ccccc1)(c1ccccc1)C(C)(C)C. The van der Waals surface area contributed by atoms with Crippen molar-refractivity contribution >= 4 is 37.4 Å². The molecule has 1 N–H and O–H groups in total. The fourth-order valence-corrected chi connectivity index (χ4v) is 17.0. The average molecular weight is 815 g/mol. The summed E-state index contributed by atoms with van der Waals surface area (Å²) in [5.74, 6) is 13.1. The van der Waals surface area contributed by atoms with E-state index in [0.717, 1.165) is 77.4 Å². The van der Waals surface area contributed by atoms with Crippen molar-refractivity contribution in [1.29, 1.82) is 0 Å². The maximum Gasteiger partial charge on any atom is 0.261 e. The number of benzene rings is 4. The van der Waals surface area contributed by atoms with Crippen molar-refractivity contribution in [2.75, 3.05) is 19.8 Å². The molecule has 0 saturated heterocycles. The van der Waals surface area contributed by atoms with Crippen molar-refractivity contribution in [2.24, 2.45) is 0 Å². The first kappa shape index (κ1) is 48.7. The van der Waals surface area contributed by atoms with E-state index in [-0.39, 0.29) is 16.7 Å². The molecule has 0 aromatic heterocycles. The minimum Gasteiger partial charge on any atom is -0.407 e. The lowest BCUT2D eigenvalue weighted by molar-refractivity contribution is 0.285. The Hall–Kier alpha value is -3.69. The lowest BCUT2D eigenvalue weighted by Gasteiger charge is -2.43. The van der Waals surface area contributed by atoms with Crippen molar-refractivity contribution in [3.8, 4) is 23.7 Å². The van der Waals surface area contributed by atoms with Crippen LogP contribution < -0.4 is 20.7 Å². The van der Waals surface area contributed by atoms with Gasteiger partial charge in [-0.15, -0.1) is 23.7 Å². The van der Waals surface area contributed by atoms with Gasteiger partial charge in [0.1, 0.15) is 0 Å². The Morgan fingerprint density at radius 2 is 0.690 bits per heavy atom. The number of hydrogen-bond donors (Lipinski definition) is 1. The monoisotopic (exact) mass is 815 g/mol. The van der Waals surface area contributed by atoms with E-state index in [2.05, 4.69) is 193 Å². The van der Waals surface area contributed by atoms with Gasteiger partial charge in [0.2, 0.25) is 0 Å². The molecular weight excluding hydrogens is 741 g/mol. The second-order valence-electron chi connectivity index (χ2n) is 17.3. The molecule has 0 aliphatic rings. The van der Waals surface area contributed by atoms with Gasteiger partial charge in [0.25, 0.3) is 16.6 Å². The van der Waals surface area contributed by atoms with Crippen LogP contribution in [0, 0.1) is 23.7 Å². The third-order valence-corrected chi connectivity index (χ3v) is 20.8. The summed E-state index contributed by atoms with van der Waals surface area (Å²) in [5.41, 5.74) is 0. The molecule has 0 aliphatic carbocycles. The predicted octanol–water partition coefficient (Wildman–Crippen LogP) is 11.2. The van der Waals surface area contributed by atoms with Crippen LogP contribution in [-0.4, -0.2) is 41.6 Å². The Kier molecular flexibility index (Phi) is 22.2. The zero-order valence-corrected chi connectivity index (χ0v) is 39.1. The minimum absolute atomic E-state index is 0.0300. The Morgan fingerprint density at radius 3 is 0.948 bits per heavy atom. The molecule has 0 fully saturated rings. The predicted molar refractivity (Wildman–Crippen MR) is 255 cm³/mol. The highest BCUT2D eigenvalue weighted by atomic mass is 28.4. The molecule has 3 nitrogen and oxygen atoms in total. The molecule has 0 bridgehead atoms. The van der Waals surface area contributed by atoms with Crippen LogP contribution in [0.2, 0.25) is 10.1 Å². The second kappa shape index (κ2) is 26.4. The van der Waals surface area contributed by atoms with E-state index in [1.165, 1.54) is 40.0 Å². The normalized spacial score (nSPS) is 11.7. The number of aliphatic hydroxyl groups excluding tert-OH is 1. The van der Waals surface area contributed by atoms with Gasteiger partial charge < -0.3 is 14.0 Å². The molecule has 4 aromatic carbocycles. The molecule has 4 rings (SSSR count). The third kappa shape index (κ3) is 14.8. The first-order valence-corrected chi connectivity index (χ1v) is 25.9. The van der Waals surface area contributed by atoms with Crippen LogP contribution in [-0.2, 0) is 8.85 Å². The minimum atomic E-state index is -2.40. The van der Waals surface area contributed by atoms with Gasteiger partial charge in [-0.3, -0.25) is 0 Å². The lowest BCUT2D eigenvalue weighted by atomic mass is 10.2. The summed E-state index contributed by atoms with van der Waals surface area (Å²) in [5, 5.41) is 14.3. The zero-order chi connectivity index (χ0) is 42.0. The van der Waals surface area contributed by atoms with Crippen molar-refractivity contribution < 1.29 is 14.0 Å². The summed E-state index contributed by atoms with van der Waals surface area (Å²) in [6, 6.07) is 43.4. The van der Waals surface area contributed by atoms with Gasteiger partial charge in [-0.2, -0.15) is 0 Å². The van der Waals surface area contributed by atoms with Crippen LogP contribution in [0.3, 0.4) is 0 Å². The van der Waals surface area contributed by atoms with E-state index in [1.807, 2.05) is 0 Å². The molecule has 0 aliphatic heterocycles. The summed E-state index contributed by atoms with van der Waals surface area (Å²) in [7, 11) is -4.78. The van der Waals surface area contributed by atoms with Gasteiger partial charge in [-0.25, -0.2) is 0 Å². The fourth-order valence-electron chi connectivity index (χ4n) is 7.75. The van der Waals surface area contributed by atoms with E-state index in [9.17, 15) is 0 Å². The third-order valence-electron chi connectivity index (χ3n) is 10.7. The van der Waals surface area contributed by atoms with Crippen LogP contribution in [0.1, 0.15) is 132 Å². The molecule has 0 amide bonds. The van der Waals surface area contributed by atoms with Crippen molar-refractivity contribution in [3.63, 3.8) is 0 Å². The summed E-state index contributed by atoms with van der Waals surface area (Å²) < 4.78 is 13.8. The molecule has 0 heterocycles. The van der Waals surface area contributed by atoms with Gasteiger partial charge in [-0.1, -0.05) is 183 Å². The van der Waals surface area contributed by atoms with Crippen molar-refractivity contribution in [3.05, 3.63) is 121 Å². The van der Waals surface area contributed by atoms with E-state index >= 15 is 0 Å². The summed E-state index contributed by atoms with van der Waals surface area (Å²) in [4.78, 5) is 0. The number of hydrogen-bond acceptors (Lipinski definition) is 3. The largest absolute Gasteiger partial charge is 0.407 e. The van der Waals surface area contributed by atoms with E-state index < -0.39 is 16.6 Å². The standard InChI is InChI=1S/C27H38OSi.C26H36O2Si/c1-5-6-7-8-9-10-11-12-19-24-28-29(27(2,3)4,25-20-15-13-16-21-25)26-22-17-14-18-23-26;1-26(2,3)29(24-18-12-10-13-19-24,25-20-14-11-15-21-25)28-23-17-9-7-5-4-6-8-16-22-27/h13-18,20-23H,5-8,11-12,19,24H2,1-4H3;10-15,18-21,27H,6-9,16-17,22-23H2,1-3H3. The summed E-state index contributed by atoms with van der Waals surface area (Å²) in [6.07, 6.45) is 13.7. The quantitative estimate of drug-likeness (QED) is 0.0549. The second-order valence-corrected chi connectivity index (χ2v) is 25.9. The van der Waals surface area contributed by atoms with Gasteiger partial charge in [0.15, 0.2) is 0 Å². The first-order valence-electron chi connectivity index (χ1n) is 22.1. The molecule has 4 aromatic rings. The molecule has 0 spiro atoms. The van der Waals surface area contributed by atoms with Gasteiger partial charge in [0.05, 0.1) is 0 Å². The van der Waals surface area contributed by atoms with Crippen LogP contribution in [0.25, 0.3) is 0 Å². The van der Waals surface area contributed by atoms with Crippen LogP contribution in [0.4, 0.5) is 0 Å². The summed E-state index contributed by atoms with van der Waals surface area (Å²) >= 11 is 0. The maximum absolute atomic E-state index is 8.79. The molecular formula is C53H74O3Si2. The lowest BCUT2D eigenvalue weighted by Crippen LogP contribution is -2.66.